The van der Waals surface area contributed by atoms with Crippen molar-refractivity contribution in [2.45, 2.75) is 20.8 Å². The number of hydrogen-bond donors (Lipinski definition) is 2. The van der Waals surface area contributed by atoms with Crippen LogP contribution < -0.4 is 0 Å². The minimum atomic E-state index is 0.671. The molecule has 2 rings (SSSR count). The van der Waals surface area contributed by atoms with E-state index in [0.717, 1.165) is 5.69 Å². The van der Waals surface area contributed by atoms with Crippen LogP contribution in [0.5, 0.6) is 0 Å². The molecule has 3 heteroatoms. The van der Waals surface area contributed by atoms with E-state index in [4.69, 9.17) is 12.2 Å². The molecule has 1 heterocycles. The molecule has 0 aliphatic carbocycles. The van der Waals surface area contributed by atoms with Gasteiger partial charge in [-0.15, -0.1) is 0 Å². The van der Waals surface area contributed by atoms with E-state index >= 15 is 0 Å². The number of H-pyrrole nitrogens is 2. The van der Waals surface area contributed by atoms with Crippen LogP contribution in [-0.4, -0.2) is 9.97 Å². The Kier molecular flexibility index (Phi) is 2.49. The van der Waals surface area contributed by atoms with E-state index in [-0.39, 0.29) is 0 Å². The predicted molar refractivity (Wildman–Crippen MR) is 65.6 cm³/mol. The van der Waals surface area contributed by atoms with Crippen LogP contribution in [0.15, 0.2) is 18.3 Å². The second kappa shape index (κ2) is 3.66. The highest BCUT2D eigenvalue weighted by Gasteiger charge is 2.07. The summed E-state index contributed by atoms with van der Waals surface area (Å²) in [5.74, 6) is 0. The van der Waals surface area contributed by atoms with Crippen LogP contribution in [0.4, 0.5) is 0 Å². The number of benzene rings is 1. The van der Waals surface area contributed by atoms with Gasteiger partial charge in [-0.1, -0.05) is 17.7 Å². The van der Waals surface area contributed by atoms with Crippen molar-refractivity contribution in [3.8, 4) is 11.3 Å². The first-order valence-corrected chi connectivity index (χ1v) is 5.34. The first kappa shape index (κ1) is 10.2. The lowest BCUT2D eigenvalue weighted by Gasteiger charge is -2.08. The first-order valence-electron chi connectivity index (χ1n) is 4.94. The molecular weight excluding hydrogens is 204 g/mol. The van der Waals surface area contributed by atoms with Gasteiger partial charge < -0.3 is 9.97 Å². The third-order valence-electron chi connectivity index (χ3n) is 2.54. The molecule has 2 aromatic rings. The standard InChI is InChI=1S/C12H14N2S/c1-7-4-8(2)11(9(3)5-7)10-6-13-12(15)14-10/h4-6H,1-3H3,(H2,13,14,15). The van der Waals surface area contributed by atoms with Crippen molar-refractivity contribution in [2.24, 2.45) is 0 Å². The molecule has 15 heavy (non-hydrogen) atoms. The summed E-state index contributed by atoms with van der Waals surface area (Å²) >= 11 is 5.03. The van der Waals surface area contributed by atoms with Crippen molar-refractivity contribution in [3.63, 3.8) is 0 Å². The van der Waals surface area contributed by atoms with Crippen LogP contribution in [-0.2, 0) is 0 Å². The molecule has 0 atom stereocenters. The van der Waals surface area contributed by atoms with Gasteiger partial charge in [-0.25, -0.2) is 0 Å². The Bertz CT molecular complexity index is 526. The summed E-state index contributed by atoms with van der Waals surface area (Å²) in [6, 6.07) is 4.37. The molecular formula is C12H14N2S. The van der Waals surface area contributed by atoms with Gasteiger partial charge >= 0.3 is 0 Å². The van der Waals surface area contributed by atoms with Crippen LogP contribution in [0.1, 0.15) is 16.7 Å². The molecule has 0 saturated heterocycles. The fourth-order valence-corrected chi connectivity index (χ4v) is 2.24. The molecule has 0 bridgehead atoms. The Hall–Kier alpha value is -1.35. The highest BCUT2D eigenvalue weighted by atomic mass is 32.1. The molecule has 1 aromatic heterocycles. The lowest BCUT2D eigenvalue weighted by Crippen LogP contribution is -1.89. The van der Waals surface area contributed by atoms with Crippen LogP contribution in [0.25, 0.3) is 11.3 Å². The minimum Gasteiger partial charge on any atom is -0.337 e. The van der Waals surface area contributed by atoms with Gasteiger partial charge in [-0.3, -0.25) is 0 Å². The summed E-state index contributed by atoms with van der Waals surface area (Å²) in [6.45, 7) is 6.36. The van der Waals surface area contributed by atoms with Gasteiger partial charge in [0.1, 0.15) is 0 Å². The first-order chi connectivity index (χ1) is 7.08. The maximum absolute atomic E-state index is 5.03. The summed E-state index contributed by atoms with van der Waals surface area (Å²) in [6.07, 6.45) is 1.92. The highest BCUT2D eigenvalue weighted by Crippen LogP contribution is 2.26. The monoisotopic (exact) mass is 218 g/mol. The average Bonchev–Trinajstić information content (AvgIpc) is 2.49. The fraction of sp³-hybridized carbons (Fsp3) is 0.250. The van der Waals surface area contributed by atoms with E-state index in [1.54, 1.807) is 0 Å². The molecule has 0 aliphatic heterocycles. The largest absolute Gasteiger partial charge is 0.337 e. The van der Waals surface area contributed by atoms with Crippen molar-refractivity contribution in [1.29, 1.82) is 0 Å². The van der Waals surface area contributed by atoms with Gasteiger partial charge in [-0.05, 0) is 44.1 Å². The average molecular weight is 218 g/mol. The van der Waals surface area contributed by atoms with Gasteiger partial charge in [0.15, 0.2) is 4.77 Å². The van der Waals surface area contributed by atoms with E-state index in [0.29, 0.717) is 4.77 Å². The number of imidazole rings is 1. The summed E-state index contributed by atoms with van der Waals surface area (Å²) in [4.78, 5) is 6.15. The van der Waals surface area contributed by atoms with E-state index < -0.39 is 0 Å². The molecule has 2 N–H and O–H groups in total. The molecule has 1 aromatic carbocycles. The Labute approximate surface area is 94.4 Å². The summed E-state index contributed by atoms with van der Waals surface area (Å²) in [5.41, 5.74) is 6.15. The van der Waals surface area contributed by atoms with Gasteiger partial charge in [-0.2, -0.15) is 0 Å². The zero-order chi connectivity index (χ0) is 11.0. The lowest BCUT2D eigenvalue weighted by atomic mass is 9.98. The molecule has 0 spiro atoms. The zero-order valence-electron chi connectivity index (χ0n) is 9.14. The van der Waals surface area contributed by atoms with Gasteiger partial charge in [0.2, 0.25) is 0 Å². The minimum absolute atomic E-state index is 0.671. The van der Waals surface area contributed by atoms with Crippen molar-refractivity contribution >= 4 is 12.2 Å². The highest BCUT2D eigenvalue weighted by molar-refractivity contribution is 7.71. The molecule has 0 amide bonds. The maximum Gasteiger partial charge on any atom is 0.174 e. The van der Waals surface area contributed by atoms with Crippen molar-refractivity contribution in [3.05, 3.63) is 39.8 Å². The number of aromatic nitrogens is 2. The quantitative estimate of drug-likeness (QED) is 0.703. The molecule has 0 aliphatic rings. The zero-order valence-corrected chi connectivity index (χ0v) is 9.96. The Morgan fingerprint density at radius 3 is 2.13 bits per heavy atom. The molecule has 78 valence electrons. The third-order valence-corrected chi connectivity index (χ3v) is 2.76. The van der Waals surface area contributed by atoms with Gasteiger partial charge in [0.05, 0.1) is 5.69 Å². The summed E-state index contributed by atoms with van der Waals surface area (Å²) in [7, 11) is 0. The van der Waals surface area contributed by atoms with E-state index in [2.05, 4.69) is 42.9 Å². The lowest BCUT2D eigenvalue weighted by molar-refractivity contribution is 1.25. The third kappa shape index (κ3) is 1.88. The second-order valence-corrected chi connectivity index (χ2v) is 4.34. The van der Waals surface area contributed by atoms with Gasteiger partial charge in [0.25, 0.3) is 0 Å². The summed E-state index contributed by atoms with van der Waals surface area (Å²) in [5, 5.41) is 0. The van der Waals surface area contributed by atoms with E-state index in [1.807, 2.05) is 6.20 Å². The molecule has 0 radical (unpaired) electrons. The Balaban J connectivity index is 2.67. The predicted octanol–water partition coefficient (Wildman–Crippen LogP) is 3.66. The Morgan fingerprint density at radius 2 is 1.67 bits per heavy atom. The number of hydrogen-bond acceptors (Lipinski definition) is 1. The fourth-order valence-electron chi connectivity index (χ4n) is 2.07. The number of aryl methyl sites for hydroxylation is 3. The van der Waals surface area contributed by atoms with Crippen molar-refractivity contribution in [1.82, 2.24) is 9.97 Å². The van der Waals surface area contributed by atoms with Gasteiger partial charge in [0, 0.05) is 11.8 Å². The summed E-state index contributed by atoms with van der Waals surface area (Å²) < 4.78 is 0.671. The SMILES string of the molecule is Cc1cc(C)c(-c2c[nH]c(=S)[nH]2)c(C)c1. The molecule has 0 unspecified atom stereocenters. The van der Waals surface area contributed by atoms with E-state index in [9.17, 15) is 0 Å². The maximum atomic E-state index is 5.03. The number of aromatic amines is 2. The van der Waals surface area contributed by atoms with Crippen LogP contribution in [0, 0.1) is 25.5 Å². The van der Waals surface area contributed by atoms with Crippen molar-refractivity contribution in [2.75, 3.05) is 0 Å². The molecule has 0 fully saturated rings. The second-order valence-electron chi connectivity index (χ2n) is 3.93. The smallest absolute Gasteiger partial charge is 0.174 e. The van der Waals surface area contributed by atoms with Crippen LogP contribution in [0.2, 0.25) is 0 Å². The van der Waals surface area contributed by atoms with Crippen molar-refractivity contribution < 1.29 is 0 Å². The van der Waals surface area contributed by atoms with Crippen LogP contribution in [0.3, 0.4) is 0 Å². The number of rotatable bonds is 1. The Morgan fingerprint density at radius 1 is 1.07 bits per heavy atom. The molecule has 2 nitrogen and oxygen atoms in total. The normalized spacial score (nSPS) is 10.6. The van der Waals surface area contributed by atoms with Crippen LogP contribution >= 0.6 is 12.2 Å². The molecule has 0 saturated carbocycles. The van der Waals surface area contributed by atoms with E-state index in [1.165, 1.54) is 22.3 Å². The topological polar surface area (TPSA) is 31.6 Å². The number of nitrogens with one attached hydrogen (secondary N) is 2.